The van der Waals surface area contributed by atoms with Crippen molar-refractivity contribution in [2.75, 3.05) is 13.2 Å². The van der Waals surface area contributed by atoms with Crippen molar-refractivity contribution in [1.29, 1.82) is 0 Å². The first-order valence-electron chi connectivity index (χ1n) is 5.45. The summed E-state index contributed by atoms with van der Waals surface area (Å²) in [7, 11) is 0. The zero-order valence-electron chi connectivity index (χ0n) is 9.67. The van der Waals surface area contributed by atoms with Crippen molar-refractivity contribution < 1.29 is 14.3 Å². The fraction of sp³-hybridized carbons (Fsp3) is 0.308. The molecular formula is C13H17NO3. The van der Waals surface area contributed by atoms with Crippen molar-refractivity contribution in [2.45, 2.75) is 12.5 Å². The van der Waals surface area contributed by atoms with Gasteiger partial charge in [0.2, 0.25) is 0 Å². The van der Waals surface area contributed by atoms with Crippen LogP contribution in [0.4, 0.5) is 0 Å². The maximum Gasteiger partial charge on any atom is 0.323 e. The summed E-state index contributed by atoms with van der Waals surface area (Å²) in [5.41, 5.74) is 5.53. The van der Waals surface area contributed by atoms with Crippen molar-refractivity contribution in [3.63, 3.8) is 0 Å². The van der Waals surface area contributed by atoms with Gasteiger partial charge in [0.05, 0.1) is 0 Å². The van der Waals surface area contributed by atoms with E-state index >= 15 is 0 Å². The standard InChI is InChI=1S/C13H17NO3/c1-2-6-12(14)13(15)17-10-9-16-11-7-4-3-5-8-11/h2-5,7-8,12H,1,6,9-10,14H2. The van der Waals surface area contributed by atoms with Crippen LogP contribution in [-0.2, 0) is 9.53 Å². The number of carbonyl (C=O) groups is 1. The van der Waals surface area contributed by atoms with Crippen LogP contribution in [0.1, 0.15) is 6.42 Å². The highest BCUT2D eigenvalue weighted by Crippen LogP contribution is 2.07. The van der Waals surface area contributed by atoms with E-state index in [4.69, 9.17) is 15.2 Å². The lowest BCUT2D eigenvalue weighted by Gasteiger charge is -2.10. The summed E-state index contributed by atoms with van der Waals surface area (Å²) in [5.74, 6) is 0.320. The highest BCUT2D eigenvalue weighted by Gasteiger charge is 2.12. The average molecular weight is 235 g/mol. The Bertz CT molecular complexity index is 351. The van der Waals surface area contributed by atoms with Crippen LogP contribution in [0.5, 0.6) is 5.75 Å². The molecule has 4 heteroatoms. The van der Waals surface area contributed by atoms with Crippen LogP contribution >= 0.6 is 0 Å². The Hall–Kier alpha value is -1.81. The van der Waals surface area contributed by atoms with E-state index in [0.29, 0.717) is 13.0 Å². The molecule has 0 heterocycles. The zero-order chi connectivity index (χ0) is 12.5. The molecular weight excluding hydrogens is 218 g/mol. The van der Waals surface area contributed by atoms with E-state index < -0.39 is 12.0 Å². The van der Waals surface area contributed by atoms with E-state index in [1.54, 1.807) is 6.08 Å². The van der Waals surface area contributed by atoms with E-state index in [1.807, 2.05) is 30.3 Å². The van der Waals surface area contributed by atoms with Gasteiger partial charge in [-0.05, 0) is 18.6 Å². The molecule has 2 N–H and O–H groups in total. The molecule has 0 aliphatic heterocycles. The molecule has 1 aromatic carbocycles. The van der Waals surface area contributed by atoms with Crippen molar-refractivity contribution in [1.82, 2.24) is 0 Å². The number of nitrogens with two attached hydrogens (primary N) is 1. The molecule has 0 saturated heterocycles. The van der Waals surface area contributed by atoms with Gasteiger partial charge in [-0.2, -0.15) is 0 Å². The molecule has 0 radical (unpaired) electrons. The second-order valence-electron chi connectivity index (χ2n) is 3.46. The van der Waals surface area contributed by atoms with Gasteiger partial charge in [-0.15, -0.1) is 6.58 Å². The Morgan fingerprint density at radius 1 is 1.35 bits per heavy atom. The first-order chi connectivity index (χ1) is 8.24. The number of para-hydroxylation sites is 1. The van der Waals surface area contributed by atoms with Gasteiger partial charge in [0.1, 0.15) is 25.0 Å². The Morgan fingerprint density at radius 2 is 2.06 bits per heavy atom. The van der Waals surface area contributed by atoms with E-state index in [1.165, 1.54) is 0 Å². The molecule has 1 unspecified atom stereocenters. The van der Waals surface area contributed by atoms with Gasteiger partial charge in [0.25, 0.3) is 0 Å². The summed E-state index contributed by atoms with van der Waals surface area (Å²) in [4.78, 5) is 11.3. The van der Waals surface area contributed by atoms with Gasteiger partial charge in [-0.1, -0.05) is 24.3 Å². The molecule has 0 spiro atoms. The summed E-state index contributed by atoms with van der Waals surface area (Å²) in [5, 5.41) is 0. The van der Waals surface area contributed by atoms with E-state index in [-0.39, 0.29) is 6.61 Å². The molecule has 17 heavy (non-hydrogen) atoms. The molecule has 92 valence electrons. The van der Waals surface area contributed by atoms with Crippen LogP contribution in [0.15, 0.2) is 43.0 Å². The molecule has 0 fully saturated rings. The number of ether oxygens (including phenoxy) is 2. The maximum absolute atomic E-state index is 11.3. The first kappa shape index (κ1) is 13.3. The number of hydrogen-bond acceptors (Lipinski definition) is 4. The molecule has 1 atom stereocenters. The minimum absolute atomic E-state index is 0.193. The Labute approximate surface area is 101 Å². The molecule has 0 saturated carbocycles. The van der Waals surface area contributed by atoms with Crippen LogP contribution in [0.25, 0.3) is 0 Å². The van der Waals surface area contributed by atoms with Gasteiger partial charge in [0, 0.05) is 0 Å². The normalized spacial score (nSPS) is 11.6. The monoisotopic (exact) mass is 235 g/mol. The van der Waals surface area contributed by atoms with Crippen LogP contribution in [0, 0.1) is 0 Å². The molecule has 0 amide bonds. The SMILES string of the molecule is C=CCC(N)C(=O)OCCOc1ccccc1. The summed E-state index contributed by atoms with van der Waals surface area (Å²) in [6.07, 6.45) is 2.00. The third kappa shape index (κ3) is 5.17. The zero-order valence-corrected chi connectivity index (χ0v) is 9.67. The molecule has 0 bridgehead atoms. The average Bonchev–Trinajstić information content (AvgIpc) is 2.36. The molecule has 0 aromatic heterocycles. The van der Waals surface area contributed by atoms with Gasteiger partial charge in [0.15, 0.2) is 0 Å². The number of benzene rings is 1. The first-order valence-corrected chi connectivity index (χ1v) is 5.45. The molecule has 4 nitrogen and oxygen atoms in total. The Balaban J connectivity index is 2.16. The third-order valence-electron chi connectivity index (χ3n) is 2.06. The van der Waals surface area contributed by atoms with E-state index in [0.717, 1.165) is 5.75 Å². The van der Waals surface area contributed by atoms with Crippen LogP contribution < -0.4 is 10.5 Å². The predicted molar refractivity (Wildman–Crippen MR) is 65.7 cm³/mol. The van der Waals surface area contributed by atoms with Crippen molar-refractivity contribution in [3.05, 3.63) is 43.0 Å². The van der Waals surface area contributed by atoms with E-state index in [2.05, 4.69) is 6.58 Å². The lowest BCUT2D eigenvalue weighted by molar-refractivity contribution is -0.145. The third-order valence-corrected chi connectivity index (χ3v) is 2.06. The van der Waals surface area contributed by atoms with Gasteiger partial charge in [-0.3, -0.25) is 4.79 Å². The maximum atomic E-state index is 11.3. The number of carbonyl (C=O) groups excluding carboxylic acids is 1. The summed E-state index contributed by atoms with van der Waals surface area (Å²) in [6, 6.07) is 8.70. The van der Waals surface area contributed by atoms with Crippen molar-refractivity contribution >= 4 is 5.97 Å². The predicted octanol–water partition coefficient (Wildman–Crippen LogP) is 1.51. The van der Waals surface area contributed by atoms with Gasteiger partial charge < -0.3 is 15.2 Å². The smallest absolute Gasteiger partial charge is 0.323 e. The fourth-order valence-corrected chi connectivity index (χ4v) is 1.20. The topological polar surface area (TPSA) is 61.6 Å². The number of hydrogen-bond donors (Lipinski definition) is 1. The Kier molecular flexibility index (Phi) is 5.82. The largest absolute Gasteiger partial charge is 0.490 e. The fourth-order valence-electron chi connectivity index (χ4n) is 1.20. The van der Waals surface area contributed by atoms with Crippen LogP contribution in [-0.4, -0.2) is 25.2 Å². The molecule has 0 aliphatic carbocycles. The minimum atomic E-state index is -0.635. The number of esters is 1. The highest BCUT2D eigenvalue weighted by molar-refractivity contribution is 5.75. The van der Waals surface area contributed by atoms with Crippen LogP contribution in [0.3, 0.4) is 0 Å². The quantitative estimate of drug-likeness (QED) is 0.442. The van der Waals surface area contributed by atoms with Crippen molar-refractivity contribution in [3.8, 4) is 5.75 Å². The molecule has 1 aromatic rings. The minimum Gasteiger partial charge on any atom is -0.490 e. The molecule has 0 aliphatic rings. The molecule has 1 rings (SSSR count). The van der Waals surface area contributed by atoms with E-state index in [9.17, 15) is 4.79 Å². The summed E-state index contributed by atoms with van der Waals surface area (Å²) >= 11 is 0. The second-order valence-corrected chi connectivity index (χ2v) is 3.46. The highest BCUT2D eigenvalue weighted by atomic mass is 16.6. The second kappa shape index (κ2) is 7.46. The van der Waals surface area contributed by atoms with Crippen molar-refractivity contribution in [2.24, 2.45) is 5.73 Å². The lowest BCUT2D eigenvalue weighted by Crippen LogP contribution is -2.32. The summed E-state index contributed by atoms with van der Waals surface area (Å²) < 4.78 is 10.3. The summed E-state index contributed by atoms with van der Waals surface area (Å²) in [6.45, 7) is 4.02. The van der Waals surface area contributed by atoms with Gasteiger partial charge >= 0.3 is 5.97 Å². The number of rotatable bonds is 7. The Morgan fingerprint density at radius 3 is 2.71 bits per heavy atom. The van der Waals surface area contributed by atoms with Crippen LogP contribution in [0.2, 0.25) is 0 Å². The van der Waals surface area contributed by atoms with Gasteiger partial charge in [-0.25, -0.2) is 0 Å². The lowest BCUT2D eigenvalue weighted by atomic mass is 10.2.